The lowest BCUT2D eigenvalue weighted by Gasteiger charge is -2.24. The molecule has 0 unspecified atom stereocenters. The van der Waals surface area contributed by atoms with Gasteiger partial charge in [-0.05, 0) is 24.6 Å². The molecule has 1 aromatic heterocycles. The number of benzene rings is 1. The Morgan fingerprint density at radius 1 is 1.12 bits per heavy atom. The third-order valence-electron chi connectivity index (χ3n) is 2.67. The Kier molecular flexibility index (Phi) is 3.40. The molecule has 1 aromatic carbocycles. The third kappa shape index (κ3) is 3.04. The summed E-state index contributed by atoms with van der Waals surface area (Å²) in [5.74, 6) is 0.767. The van der Waals surface area contributed by atoms with E-state index in [1.807, 2.05) is 48.5 Å². The van der Waals surface area contributed by atoms with Crippen molar-refractivity contribution in [1.29, 1.82) is 0 Å². The van der Waals surface area contributed by atoms with Crippen molar-refractivity contribution in [2.24, 2.45) is 0 Å². The van der Waals surface area contributed by atoms with E-state index in [2.05, 4.69) is 10.3 Å². The molecule has 1 heterocycles. The highest BCUT2D eigenvalue weighted by atomic mass is 16.3. The van der Waals surface area contributed by atoms with Gasteiger partial charge in [-0.2, -0.15) is 0 Å². The first-order valence-corrected chi connectivity index (χ1v) is 5.61. The standard InChI is InChI=1S/C14H16N2O/c1-14(17,12-7-3-2-4-8-12)11-16-13-9-5-6-10-15-13/h2-10,17H,11H2,1H3,(H,15,16)/t14-/m1/s1. The highest BCUT2D eigenvalue weighted by Crippen LogP contribution is 2.20. The van der Waals surface area contributed by atoms with Gasteiger partial charge >= 0.3 is 0 Å². The molecular weight excluding hydrogens is 212 g/mol. The van der Waals surface area contributed by atoms with Gasteiger partial charge in [0.05, 0.1) is 0 Å². The SMILES string of the molecule is C[C@@](O)(CNc1ccccn1)c1ccccc1. The summed E-state index contributed by atoms with van der Waals surface area (Å²) in [5, 5.41) is 13.5. The molecule has 2 rings (SSSR count). The highest BCUT2D eigenvalue weighted by molar-refractivity contribution is 5.35. The average Bonchev–Trinajstić information content (AvgIpc) is 2.39. The number of nitrogens with zero attached hydrogens (tertiary/aromatic N) is 1. The zero-order valence-corrected chi connectivity index (χ0v) is 9.80. The van der Waals surface area contributed by atoms with Gasteiger partial charge in [0.1, 0.15) is 11.4 Å². The second-order valence-electron chi connectivity index (χ2n) is 4.21. The zero-order chi connectivity index (χ0) is 12.1. The average molecular weight is 228 g/mol. The van der Waals surface area contributed by atoms with Crippen molar-refractivity contribution in [3.05, 3.63) is 60.3 Å². The van der Waals surface area contributed by atoms with Crippen molar-refractivity contribution in [1.82, 2.24) is 4.98 Å². The molecule has 3 nitrogen and oxygen atoms in total. The van der Waals surface area contributed by atoms with Gasteiger partial charge in [-0.1, -0.05) is 36.4 Å². The fourth-order valence-electron chi connectivity index (χ4n) is 1.63. The van der Waals surface area contributed by atoms with Gasteiger partial charge in [0.15, 0.2) is 0 Å². The predicted molar refractivity (Wildman–Crippen MR) is 68.7 cm³/mol. The van der Waals surface area contributed by atoms with Gasteiger partial charge < -0.3 is 10.4 Å². The summed E-state index contributed by atoms with van der Waals surface area (Å²) in [6, 6.07) is 15.3. The van der Waals surface area contributed by atoms with E-state index in [0.717, 1.165) is 11.4 Å². The molecule has 1 atom stereocenters. The molecule has 0 aliphatic carbocycles. The van der Waals surface area contributed by atoms with Crippen molar-refractivity contribution in [2.45, 2.75) is 12.5 Å². The number of hydrogen-bond donors (Lipinski definition) is 2. The van der Waals surface area contributed by atoms with E-state index >= 15 is 0 Å². The Morgan fingerprint density at radius 2 is 1.82 bits per heavy atom. The topological polar surface area (TPSA) is 45.1 Å². The summed E-state index contributed by atoms with van der Waals surface area (Å²) < 4.78 is 0. The second-order valence-corrected chi connectivity index (χ2v) is 4.21. The van der Waals surface area contributed by atoms with Crippen molar-refractivity contribution in [3.63, 3.8) is 0 Å². The smallest absolute Gasteiger partial charge is 0.125 e. The van der Waals surface area contributed by atoms with Crippen LogP contribution in [0.1, 0.15) is 12.5 Å². The lowest BCUT2D eigenvalue weighted by Crippen LogP contribution is -2.30. The van der Waals surface area contributed by atoms with E-state index in [9.17, 15) is 5.11 Å². The van der Waals surface area contributed by atoms with E-state index in [0.29, 0.717) is 6.54 Å². The zero-order valence-electron chi connectivity index (χ0n) is 9.80. The molecule has 0 saturated carbocycles. The molecular formula is C14H16N2O. The van der Waals surface area contributed by atoms with E-state index in [1.165, 1.54) is 0 Å². The summed E-state index contributed by atoms with van der Waals surface area (Å²) >= 11 is 0. The van der Waals surface area contributed by atoms with Crippen LogP contribution in [0.15, 0.2) is 54.7 Å². The van der Waals surface area contributed by atoms with Crippen LogP contribution < -0.4 is 5.32 Å². The quantitative estimate of drug-likeness (QED) is 0.844. The molecule has 0 spiro atoms. The van der Waals surface area contributed by atoms with Crippen LogP contribution in [-0.2, 0) is 5.60 Å². The summed E-state index contributed by atoms with van der Waals surface area (Å²) in [6.45, 7) is 2.21. The van der Waals surface area contributed by atoms with Gasteiger partial charge in [-0.25, -0.2) is 4.98 Å². The van der Waals surface area contributed by atoms with Crippen LogP contribution in [0.3, 0.4) is 0 Å². The Bertz CT molecular complexity index is 454. The number of pyridine rings is 1. The van der Waals surface area contributed by atoms with Crippen LogP contribution in [0, 0.1) is 0 Å². The first-order chi connectivity index (χ1) is 8.18. The number of aromatic nitrogens is 1. The fourth-order valence-corrected chi connectivity index (χ4v) is 1.63. The maximum absolute atomic E-state index is 10.4. The second kappa shape index (κ2) is 4.97. The minimum absolute atomic E-state index is 0.425. The van der Waals surface area contributed by atoms with Gasteiger partial charge in [0.2, 0.25) is 0 Å². The largest absolute Gasteiger partial charge is 0.384 e. The molecule has 88 valence electrons. The summed E-state index contributed by atoms with van der Waals surface area (Å²) in [5.41, 5.74) is -0.0119. The van der Waals surface area contributed by atoms with Crippen molar-refractivity contribution in [2.75, 3.05) is 11.9 Å². The minimum Gasteiger partial charge on any atom is -0.384 e. The van der Waals surface area contributed by atoms with E-state index in [1.54, 1.807) is 13.1 Å². The Labute approximate surface area is 101 Å². The van der Waals surface area contributed by atoms with Crippen LogP contribution in [0.4, 0.5) is 5.82 Å². The van der Waals surface area contributed by atoms with Crippen molar-refractivity contribution < 1.29 is 5.11 Å². The van der Waals surface area contributed by atoms with E-state index in [4.69, 9.17) is 0 Å². The summed E-state index contributed by atoms with van der Waals surface area (Å²) in [6.07, 6.45) is 1.72. The third-order valence-corrected chi connectivity index (χ3v) is 2.67. The van der Waals surface area contributed by atoms with E-state index in [-0.39, 0.29) is 0 Å². The first kappa shape index (κ1) is 11.6. The normalized spacial score (nSPS) is 14.0. The van der Waals surface area contributed by atoms with Gasteiger partial charge in [0.25, 0.3) is 0 Å². The van der Waals surface area contributed by atoms with Gasteiger partial charge in [-0.3, -0.25) is 0 Å². The van der Waals surface area contributed by atoms with Crippen LogP contribution in [0.5, 0.6) is 0 Å². The molecule has 0 bridgehead atoms. The van der Waals surface area contributed by atoms with E-state index < -0.39 is 5.60 Å². The molecule has 17 heavy (non-hydrogen) atoms. The lowest BCUT2D eigenvalue weighted by atomic mass is 9.96. The Balaban J connectivity index is 2.03. The minimum atomic E-state index is -0.904. The molecule has 0 fully saturated rings. The van der Waals surface area contributed by atoms with Crippen LogP contribution in [0.2, 0.25) is 0 Å². The first-order valence-electron chi connectivity index (χ1n) is 5.61. The van der Waals surface area contributed by atoms with Crippen molar-refractivity contribution in [3.8, 4) is 0 Å². The summed E-state index contributed by atoms with van der Waals surface area (Å²) in [4.78, 5) is 4.15. The molecule has 0 amide bonds. The Morgan fingerprint density at radius 3 is 2.47 bits per heavy atom. The highest BCUT2D eigenvalue weighted by Gasteiger charge is 2.22. The molecule has 0 aliphatic heterocycles. The predicted octanol–water partition coefficient (Wildman–Crippen LogP) is 2.40. The van der Waals surface area contributed by atoms with Crippen molar-refractivity contribution >= 4 is 5.82 Å². The number of aliphatic hydroxyl groups is 1. The Hall–Kier alpha value is -1.87. The molecule has 0 radical (unpaired) electrons. The van der Waals surface area contributed by atoms with Crippen LogP contribution in [-0.4, -0.2) is 16.6 Å². The number of rotatable bonds is 4. The maximum atomic E-state index is 10.4. The molecule has 3 heteroatoms. The monoisotopic (exact) mass is 228 g/mol. The van der Waals surface area contributed by atoms with Crippen LogP contribution in [0.25, 0.3) is 0 Å². The summed E-state index contributed by atoms with van der Waals surface area (Å²) in [7, 11) is 0. The number of hydrogen-bond acceptors (Lipinski definition) is 3. The molecule has 0 aliphatic rings. The number of nitrogens with one attached hydrogen (secondary N) is 1. The number of anilines is 1. The van der Waals surface area contributed by atoms with Gasteiger partial charge in [-0.15, -0.1) is 0 Å². The maximum Gasteiger partial charge on any atom is 0.125 e. The van der Waals surface area contributed by atoms with Crippen LogP contribution >= 0.6 is 0 Å². The van der Waals surface area contributed by atoms with Gasteiger partial charge in [0, 0.05) is 12.7 Å². The molecule has 2 aromatic rings. The lowest BCUT2D eigenvalue weighted by molar-refractivity contribution is 0.0714. The molecule has 2 N–H and O–H groups in total. The fraction of sp³-hybridized carbons (Fsp3) is 0.214. The molecule has 0 saturated heterocycles.